The molecule has 0 saturated heterocycles. The second kappa shape index (κ2) is 6.25. The Morgan fingerprint density at radius 2 is 2.38 bits per heavy atom. The van der Waals surface area contributed by atoms with Crippen molar-refractivity contribution in [3.05, 3.63) is 33.6 Å². The second-order valence-electron chi connectivity index (χ2n) is 5.55. The molecule has 114 valence electrons. The highest BCUT2D eigenvalue weighted by Gasteiger charge is 2.29. The van der Waals surface area contributed by atoms with Crippen LogP contribution in [-0.4, -0.2) is 23.3 Å². The van der Waals surface area contributed by atoms with Crippen LogP contribution in [0.4, 0.5) is 0 Å². The van der Waals surface area contributed by atoms with Gasteiger partial charge in [0.25, 0.3) is 0 Å². The molecule has 0 aliphatic carbocycles. The molecule has 2 aromatic heterocycles. The SMILES string of the molecule is CCOC(c1noc(C2NCCc3sccc32)n1)C(C)C. The lowest BCUT2D eigenvalue weighted by Crippen LogP contribution is -2.29. The molecule has 0 saturated carbocycles. The number of aromatic nitrogens is 2. The molecule has 3 rings (SSSR count). The Morgan fingerprint density at radius 3 is 3.14 bits per heavy atom. The van der Waals surface area contributed by atoms with E-state index in [1.807, 2.05) is 6.92 Å². The van der Waals surface area contributed by atoms with E-state index in [2.05, 4.69) is 40.8 Å². The molecule has 0 fully saturated rings. The summed E-state index contributed by atoms with van der Waals surface area (Å²) < 4.78 is 11.3. The Bertz CT molecular complexity index is 593. The van der Waals surface area contributed by atoms with E-state index in [0.717, 1.165) is 13.0 Å². The van der Waals surface area contributed by atoms with Gasteiger partial charge in [0.15, 0.2) is 0 Å². The summed E-state index contributed by atoms with van der Waals surface area (Å²) in [4.78, 5) is 6.00. The molecule has 1 aliphatic rings. The van der Waals surface area contributed by atoms with Gasteiger partial charge in [0.2, 0.25) is 11.7 Å². The number of rotatable bonds is 5. The Labute approximate surface area is 128 Å². The van der Waals surface area contributed by atoms with Crippen molar-refractivity contribution in [1.82, 2.24) is 15.5 Å². The van der Waals surface area contributed by atoms with Crippen molar-refractivity contribution in [2.75, 3.05) is 13.2 Å². The molecule has 5 nitrogen and oxygen atoms in total. The maximum atomic E-state index is 5.74. The van der Waals surface area contributed by atoms with Crippen molar-refractivity contribution in [3.8, 4) is 0 Å². The van der Waals surface area contributed by atoms with Gasteiger partial charge in [-0.05, 0) is 36.3 Å². The molecule has 0 spiro atoms. The summed E-state index contributed by atoms with van der Waals surface area (Å²) in [5.74, 6) is 1.59. The fourth-order valence-corrected chi connectivity index (χ4v) is 3.62. The number of nitrogens with zero attached hydrogens (tertiary/aromatic N) is 2. The first kappa shape index (κ1) is 14.7. The lowest BCUT2D eigenvalue weighted by Gasteiger charge is -2.21. The molecule has 0 aromatic carbocycles. The topological polar surface area (TPSA) is 60.2 Å². The second-order valence-corrected chi connectivity index (χ2v) is 6.55. The van der Waals surface area contributed by atoms with E-state index >= 15 is 0 Å². The predicted molar refractivity (Wildman–Crippen MR) is 81.4 cm³/mol. The van der Waals surface area contributed by atoms with Crippen LogP contribution in [0, 0.1) is 5.92 Å². The summed E-state index contributed by atoms with van der Waals surface area (Å²) in [5, 5.41) is 9.73. The Morgan fingerprint density at radius 1 is 1.52 bits per heavy atom. The minimum absolute atomic E-state index is 0.00990. The number of thiophene rings is 1. The minimum atomic E-state index is -0.113. The standard InChI is InChI=1S/C15H21N3O2S/c1-4-19-13(9(2)3)14-17-15(20-18-14)12-10-6-8-21-11(10)5-7-16-12/h6,8-9,12-13,16H,4-5,7H2,1-3H3. The summed E-state index contributed by atoms with van der Waals surface area (Å²) in [7, 11) is 0. The van der Waals surface area contributed by atoms with Gasteiger partial charge in [0.05, 0.1) is 0 Å². The van der Waals surface area contributed by atoms with Gasteiger partial charge in [-0.15, -0.1) is 11.3 Å². The zero-order chi connectivity index (χ0) is 14.8. The van der Waals surface area contributed by atoms with E-state index in [9.17, 15) is 0 Å². The molecule has 1 N–H and O–H groups in total. The molecular weight excluding hydrogens is 286 g/mol. The molecule has 6 heteroatoms. The Hall–Kier alpha value is -1.24. The van der Waals surface area contributed by atoms with Crippen LogP contribution in [0.1, 0.15) is 55.1 Å². The van der Waals surface area contributed by atoms with Crippen molar-refractivity contribution < 1.29 is 9.26 Å². The number of nitrogens with one attached hydrogen (secondary N) is 1. The molecular formula is C15H21N3O2S. The molecule has 1 aliphatic heterocycles. The lowest BCUT2D eigenvalue weighted by atomic mass is 10.0. The number of hydrogen-bond acceptors (Lipinski definition) is 6. The first-order valence-electron chi connectivity index (χ1n) is 7.45. The molecule has 0 amide bonds. The summed E-state index contributed by atoms with van der Waals surface area (Å²) >= 11 is 1.80. The fraction of sp³-hybridized carbons (Fsp3) is 0.600. The van der Waals surface area contributed by atoms with E-state index in [4.69, 9.17) is 9.26 Å². The van der Waals surface area contributed by atoms with E-state index in [1.165, 1.54) is 10.4 Å². The van der Waals surface area contributed by atoms with Crippen molar-refractivity contribution in [1.29, 1.82) is 0 Å². The van der Waals surface area contributed by atoms with Crippen molar-refractivity contribution in [2.45, 2.75) is 39.3 Å². The van der Waals surface area contributed by atoms with Crippen LogP contribution in [0.2, 0.25) is 0 Å². The normalized spacial score (nSPS) is 19.7. The van der Waals surface area contributed by atoms with Gasteiger partial charge in [0, 0.05) is 18.0 Å². The smallest absolute Gasteiger partial charge is 0.248 e. The van der Waals surface area contributed by atoms with Crippen LogP contribution in [-0.2, 0) is 11.2 Å². The van der Waals surface area contributed by atoms with Crippen molar-refractivity contribution in [3.63, 3.8) is 0 Å². The van der Waals surface area contributed by atoms with Gasteiger partial charge in [-0.1, -0.05) is 19.0 Å². The van der Waals surface area contributed by atoms with E-state index in [1.54, 1.807) is 11.3 Å². The maximum Gasteiger partial charge on any atom is 0.248 e. The minimum Gasteiger partial charge on any atom is -0.370 e. The Kier molecular flexibility index (Phi) is 4.37. The van der Waals surface area contributed by atoms with Crippen LogP contribution in [0.3, 0.4) is 0 Å². The summed E-state index contributed by atoms with van der Waals surface area (Å²) in [6, 6.07) is 2.15. The van der Waals surface area contributed by atoms with E-state index < -0.39 is 0 Å². The van der Waals surface area contributed by atoms with E-state index in [0.29, 0.717) is 24.2 Å². The quantitative estimate of drug-likeness (QED) is 0.919. The van der Waals surface area contributed by atoms with E-state index in [-0.39, 0.29) is 12.1 Å². The van der Waals surface area contributed by atoms with Crippen LogP contribution in [0.5, 0.6) is 0 Å². The highest BCUT2D eigenvalue weighted by molar-refractivity contribution is 7.10. The van der Waals surface area contributed by atoms with Gasteiger partial charge < -0.3 is 14.6 Å². The first-order chi connectivity index (χ1) is 10.2. The lowest BCUT2D eigenvalue weighted by molar-refractivity contribution is 0.0217. The number of ether oxygens (including phenoxy) is 1. The van der Waals surface area contributed by atoms with Gasteiger partial charge in [-0.2, -0.15) is 4.98 Å². The summed E-state index contributed by atoms with van der Waals surface area (Å²) in [6.07, 6.45) is 0.955. The van der Waals surface area contributed by atoms with Gasteiger partial charge >= 0.3 is 0 Å². The molecule has 0 bridgehead atoms. The van der Waals surface area contributed by atoms with Crippen molar-refractivity contribution >= 4 is 11.3 Å². The van der Waals surface area contributed by atoms with Crippen LogP contribution >= 0.6 is 11.3 Å². The largest absolute Gasteiger partial charge is 0.370 e. The van der Waals surface area contributed by atoms with Gasteiger partial charge in [0.1, 0.15) is 12.1 Å². The fourth-order valence-electron chi connectivity index (χ4n) is 2.70. The first-order valence-corrected chi connectivity index (χ1v) is 8.33. The zero-order valence-electron chi connectivity index (χ0n) is 12.6. The summed E-state index contributed by atoms with van der Waals surface area (Å²) in [6.45, 7) is 7.77. The maximum absolute atomic E-state index is 5.74. The van der Waals surface area contributed by atoms with Gasteiger partial charge in [-0.3, -0.25) is 0 Å². The average Bonchev–Trinajstić information content (AvgIpc) is 3.12. The molecule has 3 heterocycles. The molecule has 0 radical (unpaired) electrons. The monoisotopic (exact) mass is 307 g/mol. The summed E-state index contributed by atoms with van der Waals surface area (Å²) in [5.41, 5.74) is 1.26. The molecule has 21 heavy (non-hydrogen) atoms. The molecule has 2 aromatic rings. The zero-order valence-corrected chi connectivity index (χ0v) is 13.4. The third-order valence-electron chi connectivity index (χ3n) is 3.70. The van der Waals surface area contributed by atoms with Gasteiger partial charge in [-0.25, -0.2) is 0 Å². The van der Waals surface area contributed by atoms with Crippen LogP contribution in [0.15, 0.2) is 16.0 Å². The van der Waals surface area contributed by atoms with Crippen molar-refractivity contribution in [2.24, 2.45) is 5.92 Å². The Balaban J connectivity index is 1.86. The molecule has 2 unspecified atom stereocenters. The predicted octanol–water partition coefficient (Wildman–Crippen LogP) is 3.10. The third kappa shape index (κ3) is 2.88. The van der Waals surface area contributed by atoms with Crippen LogP contribution in [0.25, 0.3) is 0 Å². The highest BCUT2D eigenvalue weighted by atomic mass is 32.1. The number of hydrogen-bond donors (Lipinski definition) is 1. The highest BCUT2D eigenvalue weighted by Crippen LogP contribution is 2.32. The third-order valence-corrected chi connectivity index (χ3v) is 4.70. The van der Waals surface area contributed by atoms with Crippen LogP contribution < -0.4 is 5.32 Å². The number of fused-ring (bicyclic) bond motifs is 1. The molecule has 2 atom stereocenters. The average molecular weight is 307 g/mol.